The molecule has 2 amide bonds. The summed E-state index contributed by atoms with van der Waals surface area (Å²) in [7, 11) is -2.94. The van der Waals surface area contributed by atoms with Crippen LogP contribution in [0.3, 0.4) is 0 Å². The van der Waals surface area contributed by atoms with E-state index in [2.05, 4.69) is 14.6 Å². The highest BCUT2D eigenvalue weighted by Gasteiger charge is 2.30. The van der Waals surface area contributed by atoms with Gasteiger partial charge in [0.05, 0.1) is 40.3 Å². The number of thiazole rings is 1. The number of anilines is 1. The lowest BCUT2D eigenvalue weighted by molar-refractivity contribution is 0.0170. The number of halogens is 4. The average Bonchev–Trinajstić information content (AvgIpc) is 3.24. The van der Waals surface area contributed by atoms with Gasteiger partial charge in [0.15, 0.2) is 29.0 Å². The lowest BCUT2D eigenvalue weighted by Gasteiger charge is -2.13. The minimum absolute atomic E-state index is 0.0219. The number of methoxy groups -OCH3 is 1. The van der Waals surface area contributed by atoms with Crippen molar-refractivity contribution in [1.29, 1.82) is 0 Å². The van der Waals surface area contributed by atoms with Crippen molar-refractivity contribution in [1.82, 2.24) is 10.5 Å². The zero-order chi connectivity index (χ0) is 31.1. The SMILES string of the molecule is [2H]C([2H])([2H])Oc1cccc(-c2c(F)c(F)c(NC(=O)c3nc(C)sc3C(=O)NOC([2H])([2H])C([2H])([2H])O)c(F)c2F)c1. The number of aliphatic hydroxyl groups is 1. The fourth-order valence-corrected chi connectivity index (χ4v) is 3.56. The van der Waals surface area contributed by atoms with Crippen molar-refractivity contribution in [3.05, 3.63) is 63.1 Å². The molecule has 0 atom stereocenters. The van der Waals surface area contributed by atoms with E-state index in [0.717, 1.165) is 24.3 Å². The van der Waals surface area contributed by atoms with E-state index in [1.165, 1.54) is 12.4 Å². The zero-order valence-electron chi connectivity index (χ0n) is 23.8. The number of hydrogen-bond donors (Lipinski definition) is 3. The smallest absolute Gasteiger partial charge is 0.287 e. The lowest BCUT2D eigenvalue weighted by Crippen LogP contribution is -2.27. The number of nitrogens with one attached hydrogen (secondary N) is 2. The quantitative estimate of drug-likeness (QED) is 0.245. The molecule has 0 aliphatic heterocycles. The van der Waals surface area contributed by atoms with Gasteiger partial charge < -0.3 is 15.2 Å². The molecule has 0 saturated heterocycles. The van der Waals surface area contributed by atoms with E-state index in [1.807, 2.05) is 0 Å². The number of hydroxylamine groups is 1. The van der Waals surface area contributed by atoms with Crippen molar-refractivity contribution >= 4 is 28.8 Å². The summed E-state index contributed by atoms with van der Waals surface area (Å²) < 4.78 is 114. The number of nitrogens with zero attached hydrogens (tertiary/aromatic N) is 1. The lowest BCUT2D eigenvalue weighted by atomic mass is 10.0. The summed E-state index contributed by atoms with van der Waals surface area (Å²) in [4.78, 5) is 32.5. The summed E-state index contributed by atoms with van der Waals surface area (Å²) in [6, 6.07) is 4.07. The molecule has 0 spiro atoms. The molecule has 180 valence electrons. The second-order valence-corrected chi connectivity index (χ2v) is 7.45. The summed E-state index contributed by atoms with van der Waals surface area (Å²) in [5, 5.41) is 10.7. The van der Waals surface area contributed by atoms with Crippen LogP contribution in [-0.2, 0) is 4.84 Å². The van der Waals surface area contributed by atoms with Crippen molar-refractivity contribution in [2.75, 3.05) is 25.5 Å². The van der Waals surface area contributed by atoms with Crippen molar-refractivity contribution < 1.29 is 51.4 Å². The van der Waals surface area contributed by atoms with Crippen LogP contribution in [0.15, 0.2) is 24.3 Å². The standard InChI is InChI=1S/C21H17F4N3O5S/c1-9-26-18(19(34-9)21(31)28-33-7-6-29)20(30)27-17-15(24)13(22)12(14(23)16(17)25)10-4-3-5-11(8-10)32-2/h3-5,8,29H,6-7H2,1-2H3,(H,27,30)(H,28,31)/i2D3,6D2,7D2. The maximum absolute atomic E-state index is 15.0. The molecule has 0 unspecified atom stereocenters. The van der Waals surface area contributed by atoms with Crippen molar-refractivity contribution in [2.24, 2.45) is 0 Å². The summed E-state index contributed by atoms with van der Waals surface area (Å²) >= 11 is 0.509. The number of aryl methyl sites for hydroxylation is 1. The number of hydrogen-bond acceptors (Lipinski definition) is 7. The Bertz CT molecular complexity index is 1490. The number of carbonyl (C=O) groups is 2. The Labute approximate surface area is 203 Å². The van der Waals surface area contributed by atoms with Gasteiger partial charge >= 0.3 is 0 Å². The highest BCUT2D eigenvalue weighted by Crippen LogP contribution is 2.36. The topological polar surface area (TPSA) is 110 Å². The number of carbonyl (C=O) groups excluding carboxylic acids is 2. The fraction of sp³-hybridized carbons (Fsp3) is 0.190. The molecule has 8 nitrogen and oxygen atoms in total. The second kappa shape index (κ2) is 10.6. The summed E-state index contributed by atoms with van der Waals surface area (Å²) in [5.74, 6) is -11.4. The van der Waals surface area contributed by atoms with E-state index >= 15 is 0 Å². The van der Waals surface area contributed by atoms with Gasteiger partial charge in [-0.2, -0.15) is 0 Å². The monoisotopic (exact) mass is 506 g/mol. The number of ether oxygens (including phenoxy) is 1. The number of aromatic nitrogens is 1. The Morgan fingerprint density at radius 3 is 2.53 bits per heavy atom. The van der Waals surface area contributed by atoms with Gasteiger partial charge in [-0.25, -0.2) is 28.0 Å². The summed E-state index contributed by atoms with van der Waals surface area (Å²) in [5.41, 5.74) is -2.71. The van der Waals surface area contributed by atoms with Crippen LogP contribution in [0.4, 0.5) is 23.2 Å². The molecule has 13 heteroatoms. The Morgan fingerprint density at radius 2 is 1.88 bits per heavy atom. The van der Waals surface area contributed by atoms with Crippen LogP contribution in [-0.4, -0.2) is 42.1 Å². The zero-order valence-corrected chi connectivity index (χ0v) is 17.6. The Hall–Kier alpha value is -3.55. The molecule has 0 fully saturated rings. The van der Waals surface area contributed by atoms with Gasteiger partial charge in [0.25, 0.3) is 11.8 Å². The van der Waals surface area contributed by atoms with E-state index in [1.54, 1.807) is 5.32 Å². The van der Waals surface area contributed by atoms with E-state index in [0.29, 0.717) is 11.3 Å². The predicted octanol–water partition coefficient (Wildman–Crippen LogP) is 3.59. The second-order valence-electron chi connectivity index (χ2n) is 6.25. The Balaban J connectivity index is 1.94. The molecule has 0 bridgehead atoms. The van der Waals surface area contributed by atoms with Gasteiger partial charge in [-0.1, -0.05) is 12.1 Å². The van der Waals surface area contributed by atoms with Gasteiger partial charge in [-0.05, 0) is 24.6 Å². The van der Waals surface area contributed by atoms with E-state index in [-0.39, 0.29) is 5.01 Å². The van der Waals surface area contributed by atoms with Crippen LogP contribution in [0, 0.1) is 30.2 Å². The van der Waals surface area contributed by atoms with Crippen LogP contribution in [0.1, 0.15) is 34.8 Å². The first kappa shape index (κ1) is 17.0. The van der Waals surface area contributed by atoms with Crippen LogP contribution in [0.2, 0.25) is 0 Å². The number of benzene rings is 2. The molecule has 3 aromatic rings. The normalized spacial score (nSPS) is 15.1. The molecule has 2 aromatic carbocycles. The van der Waals surface area contributed by atoms with Gasteiger partial charge in [0.1, 0.15) is 16.3 Å². The van der Waals surface area contributed by atoms with E-state index in [4.69, 9.17) is 14.7 Å². The summed E-state index contributed by atoms with van der Waals surface area (Å²) in [6.07, 6.45) is 0. The molecule has 34 heavy (non-hydrogen) atoms. The third-order valence-electron chi connectivity index (χ3n) is 4.14. The van der Waals surface area contributed by atoms with E-state index in [9.17, 15) is 27.2 Å². The number of rotatable bonds is 8. The van der Waals surface area contributed by atoms with Crippen molar-refractivity contribution in [3.63, 3.8) is 0 Å². The Morgan fingerprint density at radius 1 is 1.18 bits per heavy atom. The molecule has 1 aromatic heterocycles. The summed E-state index contributed by atoms with van der Waals surface area (Å²) in [6.45, 7) is -5.72. The van der Waals surface area contributed by atoms with Gasteiger partial charge in [-0.3, -0.25) is 14.4 Å². The molecule has 0 radical (unpaired) electrons. The van der Waals surface area contributed by atoms with E-state index < -0.39 is 88.4 Å². The fourth-order valence-electron chi connectivity index (χ4n) is 2.76. The first-order valence-electron chi connectivity index (χ1n) is 12.4. The minimum atomic E-state index is -3.57. The van der Waals surface area contributed by atoms with Gasteiger partial charge in [0.2, 0.25) is 0 Å². The molecule has 0 aliphatic rings. The average molecular weight is 506 g/mol. The third-order valence-corrected chi connectivity index (χ3v) is 5.11. The van der Waals surface area contributed by atoms with Gasteiger partial charge in [0, 0.05) is 0 Å². The molecular weight excluding hydrogens is 482 g/mol. The highest BCUT2D eigenvalue weighted by molar-refractivity contribution is 7.14. The van der Waals surface area contributed by atoms with Crippen LogP contribution < -0.4 is 15.5 Å². The predicted molar refractivity (Wildman–Crippen MR) is 114 cm³/mol. The highest BCUT2D eigenvalue weighted by atomic mass is 32.1. The maximum atomic E-state index is 15.0. The molecule has 0 aliphatic carbocycles. The van der Waals surface area contributed by atoms with Crippen molar-refractivity contribution in [3.8, 4) is 16.9 Å². The maximum Gasteiger partial charge on any atom is 0.287 e. The molecule has 0 saturated carbocycles. The largest absolute Gasteiger partial charge is 0.497 e. The molecule has 3 rings (SSSR count). The minimum Gasteiger partial charge on any atom is -0.497 e. The Kier molecular flexibility index (Phi) is 5.28. The molecular formula is C21H17F4N3O5S. The van der Waals surface area contributed by atoms with Gasteiger partial charge in [-0.15, -0.1) is 11.3 Å². The molecule has 3 N–H and O–H groups in total. The van der Waals surface area contributed by atoms with Crippen LogP contribution in [0.5, 0.6) is 5.75 Å². The first-order valence-corrected chi connectivity index (χ1v) is 9.70. The van der Waals surface area contributed by atoms with Crippen LogP contribution >= 0.6 is 11.3 Å². The van der Waals surface area contributed by atoms with Crippen LogP contribution in [0.25, 0.3) is 11.1 Å². The first-order chi connectivity index (χ1) is 18.7. The molecule has 1 heterocycles. The third kappa shape index (κ3) is 5.00. The number of amides is 2. The van der Waals surface area contributed by atoms with Crippen molar-refractivity contribution in [2.45, 2.75) is 6.92 Å².